The first kappa shape index (κ1) is 14.7. The normalized spacial score (nSPS) is 23.6. The van der Waals surface area contributed by atoms with Crippen LogP contribution in [0.1, 0.15) is 23.8 Å². The van der Waals surface area contributed by atoms with Crippen LogP contribution in [0, 0.1) is 5.92 Å². The van der Waals surface area contributed by atoms with E-state index in [2.05, 4.69) is 12.2 Å². The second kappa shape index (κ2) is 6.19. The second-order valence-electron chi connectivity index (χ2n) is 5.55. The van der Waals surface area contributed by atoms with Gasteiger partial charge in [-0.15, -0.1) is 0 Å². The maximum absolute atomic E-state index is 11.9. The molecule has 6 heteroatoms. The summed E-state index contributed by atoms with van der Waals surface area (Å²) in [5.74, 6) is -0.247. The van der Waals surface area contributed by atoms with E-state index in [1.807, 2.05) is 4.90 Å². The van der Waals surface area contributed by atoms with Crippen LogP contribution >= 0.6 is 0 Å². The number of hydrogen-bond donors (Lipinski definition) is 2. The van der Waals surface area contributed by atoms with Gasteiger partial charge in [-0.25, -0.2) is 0 Å². The van der Waals surface area contributed by atoms with Gasteiger partial charge in [0.2, 0.25) is 5.91 Å². The van der Waals surface area contributed by atoms with E-state index in [9.17, 15) is 9.59 Å². The van der Waals surface area contributed by atoms with Crippen molar-refractivity contribution < 1.29 is 9.59 Å². The van der Waals surface area contributed by atoms with Crippen molar-refractivity contribution in [2.24, 2.45) is 18.7 Å². The minimum Gasteiger partial charge on any atom is -0.347 e. The number of carbonyl (C=O) groups excluding carboxylic acids is 2. The van der Waals surface area contributed by atoms with E-state index in [1.54, 1.807) is 29.9 Å². The first-order valence-electron chi connectivity index (χ1n) is 6.91. The molecule has 2 rings (SSSR count). The van der Waals surface area contributed by atoms with Gasteiger partial charge in [-0.1, -0.05) is 6.92 Å². The molecule has 2 amide bonds. The lowest BCUT2D eigenvalue weighted by Crippen LogP contribution is -2.49. The summed E-state index contributed by atoms with van der Waals surface area (Å²) in [5.41, 5.74) is 6.43. The number of piperidine rings is 1. The van der Waals surface area contributed by atoms with Crippen molar-refractivity contribution >= 4 is 11.8 Å². The molecule has 1 saturated heterocycles. The number of likely N-dealkylation sites (tertiary alicyclic amines) is 1. The average molecular weight is 278 g/mol. The molecular weight excluding hydrogens is 256 g/mol. The van der Waals surface area contributed by atoms with Crippen LogP contribution in [-0.4, -0.2) is 47.0 Å². The van der Waals surface area contributed by atoms with Crippen molar-refractivity contribution in [3.8, 4) is 0 Å². The fraction of sp³-hybridized carbons (Fsp3) is 0.571. The molecule has 0 aromatic carbocycles. The zero-order valence-electron chi connectivity index (χ0n) is 12.0. The van der Waals surface area contributed by atoms with Crippen LogP contribution in [0.25, 0.3) is 0 Å². The van der Waals surface area contributed by atoms with Crippen molar-refractivity contribution in [1.29, 1.82) is 0 Å². The van der Waals surface area contributed by atoms with Crippen molar-refractivity contribution in [2.45, 2.75) is 19.4 Å². The zero-order valence-corrected chi connectivity index (χ0v) is 12.0. The fourth-order valence-electron chi connectivity index (χ4n) is 2.52. The predicted octanol–water partition coefficient (Wildman–Crippen LogP) is -0.0494. The van der Waals surface area contributed by atoms with Crippen molar-refractivity contribution in [3.63, 3.8) is 0 Å². The fourth-order valence-corrected chi connectivity index (χ4v) is 2.52. The lowest BCUT2D eigenvalue weighted by molar-refractivity contribution is -0.121. The Balaban J connectivity index is 1.84. The zero-order chi connectivity index (χ0) is 14.7. The lowest BCUT2D eigenvalue weighted by atomic mass is 9.95. The molecule has 0 bridgehead atoms. The van der Waals surface area contributed by atoms with Crippen LogP contribution in [-0.2, 0) is 11.8 Å². The SMILES string of the molecule is CC1CN(CC(=O)NC(=O)c2cccn2C)CCC1N. The van der Waals surface area contributed by atoms with Gasteiger partial charge in [0.05, 0.1) is 6.54 Å². The van der Waals surface area contributed by atoms with Crippen LogP contribution in [0.4, 0.5) is 0 Å². The van der Waals surface area contributed by atoms with Gasteiger partial charge in [-0.3, -0.25) is 19.8 Å². The standard InChI is InChI=1S/C14H22N4O2/c1-10-8-18(7-5-11(10)15)9-13(19)16-14(20)12-4-3-6-17(12)2/h3-4,6,10-11H,5,7-9,15H2,1-2H3,(H,16,19,20). The summed E-state index contributed by atoms with van der Waals surface area (Å²) in [6, 6.07) is 3.66. The Morgan fingerprint density at radius 2 is 2.25 bits per heavy atom. The number of carbonyl (C=O) groups is 2. The maximum Gasteiger partial charge on any atom is 0.274 e. The third-order valence-electron chi connectivity index (χ3n) is 3.85. The highest BCUT2D eigenvalue weighted by Gasteiger charge is 2.25. The van der Waals surface area contributed by atoms with E-state index in [1.165, 1.54) is 0 Å². The van der Waals surface area contributed by atoms with E-state index in [0.29, 0.717) is 11.6 Å². The molecule has 1 fully saturated rings. The van der Waals surface area contributed by atoms with Crippen LogP contribution in [0.15, 0.2) is 18.3 Å². The van der Waals surface area contributed by atoms with Crippen LogP contribution in [0.2, 0.25) is 0 Å². The lowest BCUT2D eigenvalue weighted by Gasteiger charge is -2.34. The van der Waals surface area contributed by atoms with Crippen LogP contribution in [0.5, 0.6) is 0 Å². The van der Waals surface area contributed by atoms with Gasteiger partial charge in [0.15, 0.2) is 0 Å². The summed E-state index contributed by atoms with van der Waals surface area (Å²) in [7, 11) is 1.77. The van der Waals surface area contributed by atoms with Crippen molar-refractivity contribution in [1.82, 2.24) is 14.8 Å². The summed E-state index contributed by atoms with van der Waals surface area (Å²) in [4.78, 5) is 25.8. The highest BCUT2D eigenvalue weighted by molar-refractivity contribution is 6.04. The van der Waals surface area contributed by atoms with Gasteiger partial charge in [-0.05, 0) is 24.5 Å². The summed E-state index contributed by atoms with van der Waals surface area (Å²) in [5, 5.41) is 2.42. The Morgan fingerprint density at radius 3 is 2.85 bits per heavy atom. The van der Waals surface area contributed by atoms with Gasteiger partial charge in [0.25, 0.3) is 5.91 Å². The molecule has 20 heavy (non-hydrogen) atoms. The van der Waals surface area contributed by atoms with Crippen molar-refractivity contribution in [2.75, 3.05) is 19.6 Å². The molecule has 1 aliphatic heterocycles. The summed E-state index contributed by atoms with van der Waals surface area (Å²) in [6.07, 6.45) is 2.66. The number of aromatic nitrogens is 1. The molecule has 6 nitrogen and oxygen atoms in total. The summed E-state index contributed by atoms with van der Waals surface area (Å²) < 4.78 is 1.69. The largest absolute Gasteiger partial charge is 0.347 e. The van der Waals surface area contributed by atoms with E-state index in [4.69, 9.17) is 5.73 Å². The molecule has 2 unspecified atom stereocenters. The molecule has 3 N–H and O–H groups in total. The molecule has 1 aromatic heterocycles. The molecule has 1 aromatic rings. The Kier molecular flexibility index (Phi) is 4.57. The summed E-state index contributed by atoms with van der Waals surface area (Å²) >= 11 is 0. The Bertz CT molecular complexity index is 497. The highest BCUT2D eigenvalue weighted by atomic mass is 16.2. The van der Waals surface area contributed by atoms with E-state index < -0.39 is 0 Å². The monoisotopic (exact) mass is 278 g/mol. The molecule has 1 aliphatic rings. The molecule has 2 heterocycles. The predicted molar refractivity (Wildman–Crippen MR) is 76.1 cm³/mol. The quantitative estimate of drug-likeness (QED) is 0.812. The Morgan fingerprint density at radius 1 is 1.50 bits per heavy atom. The van der Waals surface area contributed by atoms with Gasteiger partial charge >= 0.3 is 0 Å². The van der Waals surface area contributed by atoms with Crippen molar-refractivity contribution in [3.05, 3.63) is 24.0 Å². The van der Waals surface area contributed by atoms with Gasteiger partial charge in [0.1, 0.15) is 5.69 Å². The molecule has 0 spiro atoms. The van der Waals surface area contributed by atoms with Crippen LogP contribution < -0.4 is 11.1 Å². The Labute approximate surface area is 118 Å². The Hall–Kier alpha value is -1.66. The van der Waals surface area contributed by atoms with E-state index >= 15 is 0 Å². The van der Waals surface area contributed by atoms with E-state index in [0.717, 1.165) is 19.5 Å². The third kappa shape index (κ3) is 3.46. The van der Waals surface area contributed by atoms with Gasteiger partial charge in [-0.2, -0.15) is 0 Å². The number of amides is 2. The second-order valence-corrected chi connectivity index (χ2v) is 5.55. The molecule has 2 atom stereocenters. The topological polar surface area (TPSA) is 80.4 Å². The average Bonchev–Trinajstić information content (AvgIpc) is 2.80. The minimum atomic E-state index is -0.357. The minimum absolute atomic E-state index is 0.208. The number of imide groups is 1. The number of nitrogens with one attached hydrogen (secondary N) is 1. The molecular formula is C14H22N4O2. The number of rotatable bonds is 3. The first-order valence-corrected chi connectivity index (χ1v) is 6.91. The maximum atomic E-state index is 11.9. The van der Waals surface area contributed by atoms with E-state index in [-0.39, 0.29) is 24.4 Å². The highest BCUT2D eigenvalue weighted by Crippen LogP contribution is 2.14. The third-order valence-corrected chi connectivity index (χ3v) is 3.85. The molecule has 0 aliphatic carbocycles. The number of nitrogens with zero attached hydrogens (tertiary/aromatic N) is 2. The smallest absolute Gasteiger partial charge is 0.274 e. The van der Waals surface area contributed by atoms with Crippen LogP contribution in [0.3, 0.4) is 0 Å². The summed E-state index contributed by atoms with van der Waals surface area (Å²) in [6.45, 7) is 3.93. The number of aryl methyl sites for hydroxylation is 1. The number of hydrogen-bond acceptors (Lipinski definition) is 4. The first-order chi connectivity index (χ1) is 9.47. The molecule has 0 saturated carbocycles. The number of nitrogens with two attached hydrogens (primary N) is 1. The van der Waals surface area contributed by atoms with Gasteiger partial charge < -0.3 is 10.3 Å². The molecule has 110 valence electrons. The van der Waals surface area contributed by atoms with Gasteiger partial charge in [0, 0.05) is 32.4 Å². The molecule has 0 radical (unpaired) electrons.